The van der Waals surface area contributed by atoms with Crippen LogP contribution >= 0.6 is 11.3 Å². The summed E-state index contributed by atoms with van der Waals surface area (Å²) in [5.74, 6) is 0. The number of amides is 1. The number of hydrogen-bond donors (Lipinski definition) is 1. The fourth-order valence-corrected chi connectivity index (χ4v) is 2.79. The van der Waals surface area contributed by atoms with E-state index in [1.807, 2.05) is 57.2 Å². The van der Waals surface area contributed by atoms with Gasteiger partial charge in [-0.2, -0.15) is 5.26 Å². The van der Waals surface area contributed by atoms with Crippen LogP contribution in [0.1, 0.15) is 43.1 Å². The van der Waals surface area contributed by atoms with Crippen molar-refractivity contribution in [2.75, 3.05) is 0 Å². The third-order valence-electron chi connectivity index (χ3n) is 2.91. The van der Waals surface area contributed by atoms with Gasteiger partial charge in [0.2, 0.25) is 0 Å². The molecule has 1 atom stereocenters. The van der Waals surface area contributed by atoms with E-state index < -0.39 is 11.7 Å². The summed E-state index contributed by atoms with van der Waals surface area (Å²) in [4.78, 5) is 16.3. The summed E-state index contributed by atoms with van der Waals surface area (Å²) >= 11 is 1.36. The molecule has 1 N–H and O–H groups in total. The Kier molecular flexibility index (Phi) is 5.35. The minimum absolute atomic E-state index is 0.334. The summed E-state index contributed by atoms with van der Waals surface area (Å²) in [7, 11) is 0. The van der Waals surface area contributed by atoms with Crippen LogP contribution in [-0.4, -0.2) is 16.7 Å². The number of rotatable bonds is 4. The van der Waals surface area contributed by atoms with Crippen molar-refractivity contribution < 1.29 is 9.53 Å². The maximum absolute atomic E-state index is 12.1. The molecule has 0 aliphatic heterocycles. The number of alkyl carbamates (subject to hydrolysis) is 1. The van der Waals surface area contributed by atoms with E-state index in [1.165, 1.54) is 11.3 Å². The Balaban J connectivity index is 2.17. The molecule has 1 aromatic carbocycles. The highest BCUT2D eigenvalue weighted by atomic mass is 32.1. The van der Waals surface area contributed by atoms with Gasteiger partial charge in [-0.1, -0.05) is 30.3 Å². The summed E-state index contributed by atoms with van der Waals surface area (Å²) in [6.45, 7) is 5.45. The van der Waals surface area contributed by atoms with Crippen molar-refractivity contribution in [2.24, 2.45) is 0 Å². The number of hydrogen-bond acceptors (Lipinski definition) is 5. The highest BCUT2D eigenvalue weighted by Crippen LogP contribution is 2.23. The van der Waals surface area contributed by atoms with Crippen LogP contribution in [0.4, 0.5) is 4.79 Å². The van der Waals surface area contributed by atoms with Gasteiger partial charge in [-0.25, -0.2) is 9.78 Å². The van der Waals surface area contributed by atoms with Gasteiger partial charge in [0, 0.05) is 5.38 Å². The average molecular weight is 329 g/mol. The van der Waals surface area contributed by atoms with E-state index in [1.54, 1.807) is 5.38 Å². The summed E-state index contributed by atoms with van der Waals surface area (Å²) < 4.78 is 5.32. The molecule has 2 aromatic rings. The van der Waals surface area contributed by atoms with Crippen LogP contribution in [0, 0.1) is 11.3 Å². The first-order chi connectivity index (χ1) is 10.9. The van der Waals surface area contributed by atoms with E-state index in [9.17, 15) is 4.79 Å². The zero-order valence-electron chi connectivity index (χ0n) is 13.4. The van der Waals surface area contributed by atoms with Gasteiger partial charge in [-0.3, -0.25) is 0 Å². The fraction of sp³-hybridized carbons (Fsp3) is 0.353. The molecular weight excluding hydrogens is 310 g/mol. The normalized spacial score (nSPS) is 12.3. The van der Waals surface area contributed by atoms with Crippen molar-refractivity contribution in [3.8, 4) is 6.07 Å². The summed E-state index contributed by atoms with van der Waals surface area (Å²) in [5.41, 5.74) is 0.860. The van der Waals surface area contributed by atoms with Crippen LogP contribution < -0.4 is 5.32 Å². The first kappa shape index (κ1) is 17.0. The number of ether oxygens (including phenoxy) is 1. The van der Waals surface area contributed by atoms with Crippen molar-refractivity contribution in [3.05, 3.63) is 52.0 Å². The van der Waals surface area contributed by atoms with Crippen molar-refractivity contribution in [2.45, 2.75) is 38.8 Å². The molecule has 2 rings (SSSR count). The number of nitrogens with zero attached hydrogens (tertiary/aromatic N) is 2. The van der Waals surface area contributed by atoms with E-state index in [4.69, 9.17) is 10.00 Å². The molecule has 1 amide bonds. The second-order valence-corrected chi connectivity index (χ2v) is 6.96. The van der Waals surface area contributed by atoms with Crippen LogP contribution in [-0.2, 0) is 11.2 Å². The zero-order chi connectivity index (χ0) is 16.9. The van der Waals surface area contributed by atoms with E-state index in [-0.39, 0.29) is 6.04 Å². The molecule has 0 aliphatic rings. The first-order valence-electron chi connectivity index (χ1n) is 7.26. The summed E-state index contributed by atoms with van der Waals surface area (Å²) in [6, 6.07) is 11.5. The molecule has 0 saturated heterocycles. The van der Waals surface area contributed by atoms with Crippen LogP contribution in [0.2, 0.25) is 0 Å². The minimum atomic E-state index is -0.567. The number of nitriles is 1. The Morgan fingerprint density at radius 2 is 2.09 bits per heavy atom. The van der Waals surface area contributed by atoms with Crippen LogP contribution in [0.5, 0.6) is 0 Å². The topological polar surface area (TPSA) is 75.0 Å². The molecule has 6 heteroatoms. The summed E-state index contributed by atoms with van der Waals surface area (Å²) in [5, 5.41) is 14.2. The molecule has 0 saturated carbocycles. The number of aromatic nitrogens is 1. The Labute approximate surface area is 139 Å². The van der Waals surface area contributed by atoms with Crippen molar-refractivity contribution in [3.63, 3.8) is 0 Å². The van der Waals surface area contributed by atoms with Gasteiger partial charge >= 0.3 is 6.09 Å². The minimum Gasteiger partial charge on any atom is -0.444 e. The number of carbonyl (C=O) groups is 1. The quantitative estimate of drug-likeness (QED) is 0.925. The molecule has 23 heavy (non-hydrogen) atoms. The Morgan fingerprint density at radius 3 is 2.65 bits per heavy atom. The van der Waals surface area contributed by atoms with Gasteiger partial charge in [-0.05, 0) is 32.8 Å². The fourth-order valence-electron chi connectivity index (χ4n) is 2.00. The molecule has 1 aromatic heterocycles. The first-order valence-corrected chi connectivity index (χ1v) is 8.14. The molecule has 120 valence electrons. The van der Waals surface area contributed by atoms with Crippen LogP contribution in [0.3, 0.4) is 0 Å². The molecule has 5 nitrogen and oxygen atoms in total. The number of carbonyl (C=O) groups excluding carboxylic acids is 1. The predicted molar refractivity (Wildman–Crippen MR) is 89.1 cm³/mol. The van der Waals surface area contributed by atoms with Crippen molar-refractivity contribution in [1.29, 1.82) is 5.26 Å². The number of thiazole rings is 1. The highest BCUT2D eigenvalue weighted by Gasteiger charge is 2.23. The maximum Gasteiger partial charge on any atom is 0.408 e. The number of benzene rings is 1. The van der Waals surface area contributed by atoms with Gasteiger partial charge in [0.15, 0.2) is 5.69 Å². The smallest absolute Gasteiger partial charge is 0.408 e. The van der Waals surface area contributed by atoms with E-state index in [2.05, 4.69) is 10.3 Å². The van der Waals surface area contributed by atoms with Gasteiger partial charge in [0.25, 0.3) is 0 Å². The Hall–Kier alpha value is -2.39. The highest BCUT2D eigenvalue weighted by molar-refractivity contribution is 7.09. The SMILES string of the molecule is CC(C)(C)OC(=O)N[C@@H](Cc1ccccc1)c1nc(C#N)cs1. The van der Waals surface area contributed by atoms with Gasteiger partial charge in [0.1, 0.15) is 16.7 Å². The second-order valence-electron chi connectivity index (χ2n) is 6.07. The molecule has 1 heterocycles. The van der Waals surface area contributed by atoms with Gasteiger partial charge in [-0.15, -0.1) is 11.3 Å². The summed E-state index contributed by atoms with van der Waals surface area (Å²) in [6.07, 6.45) is 0.0884. The van der Waals surface area contributed by atoms with E-state index >= 15 is 0 Å². The number of nitrogens with one attached hydrogen (secondary N) is 1. The lowest BCUT2D eigenvalue weighted by Crippen LogP contribution is -2.35. The lowest BCUT2D eigenvalue weighted by molar-refractivity contribution is 0.0503. The van der Waals surface area contributed by atoms with Crippen LogP contribution in [0.25, 0.3) is 0 Å². The third-order valence-corrected chi connectivity index (χ3v) is 3.87. The van der Waals surface area contributed by atoms with E-state index in [0.717, 1.165) is 5.56 Å². The lowest BCUT2D eigenvalue weighted by Gasteiger charge is -2.23. The molecule has 0 bridgehead atoms. The molecule has 0 aliphatic carbocycles. The maximum atomic E-state index is 12.1. The zero-order valence-corrected chi connectivity index (χ0v) is 14.2. The molecular formula is C17H19N3O2S. The molecule has 0 fully saturated rings. The predicted octanol–water partition coefficient (Wildman–Crippen LogP) is 3.82. The molecule has 0 radical (unpaired) electrons. The van der Waals surface area contributed by atoms with Crippen molar-refractivity contribution >= 4 is 17.4 Å². The van der Waals surface area contributed by atoms with Gasteiger partial charge < -0.3 is 10.1 Å². The third kappa shape index (κ3) is 5.38. The Morgan fingerprint density at radius 1 is 1.39 bits per heavy atom. The molecule has 0 unspecified atom stereocenters. The average Bonchev–Trinajstić information content (AvgIpc) is 2.94. The Bertz CT molecular complexity index is 699. The van der Waals surface area contributed by atoms with Crippen LogP contribution in [0.15, 0.2) is 35.7 Å². The van der Waals surface area contributed by atoms with Crippen molar-refractivity contribution in [1.82, 2.24) is 10.3 Å². The molecule has 0 spiro atoms. The largest absolute Gasteiger partial charge is 0.444 e. The second kappa shape index (κ2) is 7.25. The van der Waals surface area contributed by atoms with Gasteiger partial charge in [0.05, 0.1) is 6.04 Å². The van der Waals surface area contributed by atoms with E-state index in [0.29, 0.717) is 17.1 Å². The standard InChI is InChI=1S/C17H19N3O2S/c1-17(2,3)22-16(21)20-14(9-12-7-5-4-6-8-12)15-19-13(10-18)11-23-15/h4-8,11,14H,9H2,1-3H3,(H,20,21)/t14-/m0/s1. The lowest BCUT2D eigenvalue weighted by atomic mass is 10.1. The monoisotopic (exact) mass is 329 g/mol.